The molecule has 1 fully saturated rings. The van der Waals surface area contributed by atoms with Gasteiger partial charge in [0.05, 0.1) is 25.4 Å². The number of aliphatic hydroxyl groups excluding tert-OH is 5. The number of hydrogen-bond donors (Lipinski definition) is 6. The van der Waals surface area contributed by atoms with Crippen LogP contribution in [0.5, 0.6) is 0 Å². The second kappa shape index (κ2) is 60.2. The maximum atomic E-state index is 13.5. The van der Waals surface area contributed by atoms with Crippen LogP contribution in [0.15, 0.2) is 36.5 Å². The molecule has 83 heavy (non-hydrogen) atoms. The number of amides is 1. The molecule has 0 bridgehead atoms. The molecule has 6 N–H and O–H groups in total. The van der Waals surface area contributed by atoms with Gasteiger partial charge in [-0.3, -0.25) is 9.59 Å². The summed E-state index contributed by atoms with van der Waals surface area (Å²) in [7, 11) is 0. The van der Waals surface area contributed by atoms with E-state index in [1.165, 1.54) is 238 Å². The molecule has 8 unspecified atom stereocenters. The number of carbonyl (C=O) groups excluding carboxylic acids is 2. The van der Waals surface area contributed by atoms with Crippen LogP contribution >= 0.6 is 0 Å². The molecule has 0 aliphatic carbocycles. The van der Waals surface area contributed by atoms with Crippen LogP contribution in [0.4, 0.5) is 0 Å². The van der Waals surface area contributed by atoms with Gasteiger partial charge in [0.1, 0.15) is 24.4 Å². The maximum absolute atomic E-state index is 13.5. The average Bonchev–Trinajstić information content (AvgIpc) is 3.50. The van der Waals surface area contributed by atoms with E-state index < -0.39 is 67.4 Å². The van der Waals surface area contributed by atoms with Gasteiger partial charge in [0, 0.05) is 6.42 Å². The van der Waals surface area contributed by atoms with E-state index in [0.717, 1.165) is 64.2 Å². The van der Waals surface area contributed by atoms with E-state index in [1.54, 1.807) is 6.08 Å². The van der Waals surface area contributed by atoms with E-state index in [4.69, 9.17) is 14.2 Å². The van der Waals surface area contributed by atoms with Gasteiger partial charge < -0.3 is 45.1 Å². The number of ether oxygens (including phenoxy) is 3. The first-order chi connectivity index (χ1) is 40.7. The van der Waals surface area contributed by atoms with Gasteiger partial charge in [0.2, 0.25) is 5.91 Å². The lowest BCUT2D eigenvalue weighted by Crippen LogP contribution is -2.61. The molecule has 11 nitrogen and oxygen atoms in total. The predicted molar refractivity (Wildman–Crippen MR) is 347 cm³/mol. The fourth-order valence-corrected chi connectivity index (χ4v) is 11.4. The zero-order chi connectivity index (χ0) is 60.3. The lowest BCUT2D eigenvalue weighted by atomic mass is 9.99. The molecule has 0 aromatic heterocycles. The maximum Gasteiger partial charge on any atom is 0.306 e. The number of esters is 1. The van der Waals surface area contributed by atoms with Gasteiger partial charge in [-0.05, 0) is 57.8 Å². The Kier molecular flexibility index (Phi) is 57.2. The second-order valence-electron chi connectivity index (χ2n) is 25.0. The Balaban J connectivity index is 2.58. The number of nitrogens with one attached hydrogen (secondary N) is 1. The van der Waals surface area contributed by atoms with Crippen molar-refractivity contribution in [2.24, 2.45) is 0 Å². The number of carbonyl (C=O) groups is 2. The zero-order valence-electron chi connectivity index (χ0n) is 54.3. The molecule has 1 aliphatic heterocycles. The van der Waals surface area contributed by atoms with Crippen molar-refractivity contribution < 1.29 is 49.3 Å². The summed E-state index contributed by atoms with van der Waals surface area (Å²) < 4.78 is 17.7. The number of rotatable bonds is 62. The zero-order valence-corrected chi connectivity index (χ0v) is 54.3. The van der Waals surface area contributed by atoms with Crippen LogP contribution in [-0.4, -0.2) is 99.6 Å². The first kappa shape index (κ1) is 78.9. The lowest BCUT2D eigenvalue weighted by Gasteiger charge is -2.41. The normalized spacial score (nSPS) is 18.7. The van der Waals surface area contributed by atoms with Crippen molar-refractivity contribution in [3.8, 4) is 0 Å². The smallest absolute Gasteiger partial charge is 0.306 e. The summed E-state index contributed by atoms with van der Waals surface area (Å²) in [5, 5.41) is 57.3. The number of hydrogen-bond acceptors (Lipinski definition) is 10. The number of allylic oxidation sites excluding steroid dienone is 5. The minimum absolute atomic E-state index is 0.126. The van der Waals surface area contributed by atoms with Crippen LogP contribution in [0.1, 0.15) is 348 Å². The molecule has 0 radical (unpaired) electrons. The van der Waals surface area contributed by atoms with Gasteiger partial charge >= 0.3 is 5.97 Å². The van der Waals surface area contributed by atoms with Crippen LogP contribution < -0.4 is 5.32 Å². The van der Waals surface area contributed by atoms with E-state index in [1.807, 2.05) is 6.08 Å². The first-order valence-electron chi connectivity index (χ1n) is 35.8. The molecule has 0 aromatic carbocycles. The molecule has 0 spiro atoms. The molecule has 1 amide bonds. The summed E-state index contributed by atoms with van der Waals surface area (Å²) in [6.45, 7) is 5.82. The minimum Gasteiger partial charge on any atom is -0.454 e. The Bertz CT molecular complexity index is 1490. The molecular weight excluding hydrogens is 1040 g/mol. The highest BCUT2D eigenvalue weighted by Crippen LogP contribution is 2.26. The Morgan fingerprint density at radius 1 is 0.470 bits per heavy atom. The molecule has 0 aromatic rings. The summed E-state index contributed by atoms with van der Waals surface area (Å²) >= 11 is 0. The van der Waals surface area contributed by atoms with E-state index in [0.29, 0.717) is 19.3 Å². The van der Waals surface area contributed by atoms with Gasteiger partial charge in [-0.1, -0.05) is 320 Å². The summed E-state index contributed by atoms with van der Waals surface area (Å²) in [4.78, 5) is 26.7. The highest BCUT2D eigenvalue weighted by Gasteiger charge is 2.47. The van der Waals surface area contributed by atoms with Crippen molar-refractivity contribution in [2.75, 3.05) is 13.2 Å². The number of aliphatic hydroxyl groups is 5. The van der Waals surface area contributed by atoms with Crippen LogP contribution in [0.3, 0.4) is 0 Å². The van der Waals surface area contributed by atoms with Gasteiger partial charge in [0.15, 0.2) is 12.4 Å². The fraction of sp³-hybridized carbons (Fsp3) is 0.889. The van der Waals surface area contributed by atoms with Crippen molar-refractivity contribution in [1.29, 1.82) is 0 Å². The Hall–Kier alpha value is -2.12. The predicted octanol–water partition coefficient (Wildman–Crippen LogP) is 18.2. The molecule has 1 rings (SSSR count). The Morgan fingerprint density at radius 3 is 1.25 bits per heavy atom. The quantitative estimate of drug-likeness (QED) is 0.0195. The van der Waals surface area contributed by atoms with Gasteiger partial charge in [-0.25, -0.2) is 0 Å². The fourth-order valence-electron chi connectivity index (χ4n) is 11.4. The van der Waals surface area contributed by atoms with Crippen molar-refractivity contribution >= 4 is 11.9 Å². The second-order valence-corrected chi connectivity index (χ2v) is 25.0. The Labute approximate surface area is 511 Å². The molecular formula is C72H135NO10. The summed E-state index contributed by atoms with van der Waals surface area (Å²) in [6, 6.07) is -1.02. The average molecular weight is 1170 g/mol. The van der Waals surface area contributed by atoms with Gasteiger partial charge in [-0.15, -0.1) is 0 Å². The third-order valence-electron chi connectivity index (χ3n) is 17.0. The first-order valence-corrected chi connectivity index (χ1v) is 35.8. The standard InChI is InChI=1S/C72H135NO10/c1-4-7-10-13-16-19-22-25-27-29-31-32-33-34-35-37-39-42-45-48-51-54-57-60-67(77)83-70-69(79)68(78)66(61-74)82-72(70)81-62-63(64(75)58-55-52-49-46-43-40-24-21-18-15-12-9-6-3)73-71(80)65(76)59-56-53-50-47-44-41-38-36-30-28-26-23-20-17-14-11-8-5-2/h16,19,25,27,55,58,63-66,68-70,72,74-76,78-79H,4-15,17-18,20-24,26,28-54,56-57,59-62H2,1-3H3,(H,73,80)/b19-16-,27-25-,58-55+. The van der Waals surface area contributed by atoms with Crippen LogP contribution in [-0.2, 0) is 23.8 Å². The molecule has 1 saturated heterocycles. The molecule has 8 atom stereocenters. The molecule has 488 valence electrons. The summed E-state index contributed by atoms with van der Waals surface area (Å²) in [6.07, 6.45) is 63.2. The topological polar surface area (TPSA) is 175 Å². The summed E-state index contributed by atoms with van der Waals surface area (Å²) in [5.41, 5.74) is 0. The molecule has 11 heteroatoms. The van der Waals surface area contributed by atoms with Crippen LogP contribution in [0, 0.1) is 0 Å². The van der Waals surface area contributed by atoms with Crippen LogP contribution in [0.2, 0.25) is 0 Å². The highest BCUT2D eigenvalue weighted by molar-refractivity contribution is 5.80. The van der Waals surface area contributed by atoms with Crippen molar-refractivity contribution in [2.45, 2.75) is 397 Å². The highest BCUT2D eigenvalue weighted by atomic mass is 16.7. The van der Waals surface area contributed by atoms with Gasteiger partial charge in [-0.2, -0.15) is 0 Å². The Morgan fingerprint density at radius 2 is 0.831 bits per heavy atom. The lowest BCUT2D eigenvalue weighted by molar-refractivity contribution is -0.305. The van der Waals surface area contributed by atoms with Crippen molar-refractivity contribution in [3.63, 3.8) is 0 Å². The number of unbranched alkanes of at least 4 members (excludes halogenated alkanes) is 44. The van der Waals surface area contributed by atoms with Crippen LogP contribution in [0.25, 0.3) is 0 Å². The third kappa shape index (κ3) is 47.6. The van der Waals surface area contributed by atoms with E-state index in [-0.39, 0.29) is 13.0 Å². The van der Waals surface area contributed by atoms with Crippen molar-refractivity contribution in [1.82, 2.24) is 5.32 Å². The SMILES string of the molecule is CCCCC/C=C\C/C=C\CCCCCCCCCCCCCCCC(=O)OC1C(OCC(NC(=O)C(O)CCCCCCCCCCCCCCCCCCCC)C(O)/C=C/CCCCCCCCCCCCC)OC(CO)C(O)C1O. The monoisotopic (exact) mass is 1170 g/mol. The molecule has 1 heterocycles. The van der Waals surface area contributed by atoms with E-state index >= 15 is 0 Å². The largest absolute Gasteiger partial charge is 0.454 e. The third-order valence-corrected chi connectivity index (χ3v) is 17.0. The van der Waals surface area contributed by atoms with E-state index in [9.17, 15) is 35.1 Å². The molecule has 1 aliphatic rings. The molecule has 0 saturated carbocycles. The minimum atomic E-state index is -1.61. The van der Waals surface area contributed by atoms with Gasteiger partial charge in [0.25, 0.3) is 0 Å². The van der Waals surface area contributed by atoms with Crippen molar-refractivity contribution in [3.05, 3.63) is 36.5 Å². The summed E-state index contributed by atoms with van der Waals surface area (Å²) in [5.74, 6) is -1.18. The van der Waals surface area contributed by atoms with E-state index in [2.05, 4.69) is 50.4 Å².